The molecule has 0 aliphatic heterocycles. The molecule has 0 bridgehead atoms. The smallest absolute Gasteiger partial charge is 0.251 e. The molecule has 3 nitrogen and oxygen atoms in total. The number of allylic oxidation sites excluding steroid dienone is 2. The van der Waals surface area contributed by atoms with Gasteiger partial charge in [0.05, 0.1) is 0 Å². The lowest BCUT2D eigenvalue weighted by atomic mass is 9.81. The monoisotopic (exact) mass is 378 g/mol. The summed E-state index contributed by atoms with van der Waals surface area (Å²) in [5, 5.41) is 6.89. The van der Waals surface area contributed by atoms with Gasteiger partial charge in [-0.15, -0.1) is 0 Å². The van der Waals surface area contributed by atoms with Crippen LogP contribution in [0, 0.1) is 11.8 Å². The SMILES string of the molecule is CC(C)NC1(CNC(=O)c2ccc(C#CC3=CCCCC3)cc2)CCCCC1. The molecule has 0 spiro atoms. The minimum atomic E-state index is 0.00463. The van der Waals surface area contributed by atoms with Gasteiger partial charge >= 0.3 is 0 Å². The highest BCUT2D eigenvalue weighted by Gasteiger charge is 2.32. The van der Waals surface area contributed by atoms with Crippen molar-refractivity contribution in [2.45, 2.75) is 83.2 Å². The molecule has 3 heteroatoms. The maximum absolute atomic E-state index is 12.6. The molecule has 1 aromatic rings. The lowest BCUT2D eigenvalue weighted by Crippen LogP contribution is -2.56. The van der Waals surface area contributed by atoms with Crippen LogP contribution in [0.15, 0.2) is 35.9 Å². The second kappa shape index (κ2) is 9.94. The molecule has 2 aliphatic carbocycles. The van der Waals surface area contributed by atoms with Crippen molar-refractivity contribution in [3.8, 4) is 11.8 Å². The summed E-state index contributed by atoms with van der Waals surface area (Å²) < 4.78 is 0. The van der Waals surface area contributed by atoms with E-state index in [-0.39, 0.29) is 11.4 Å². The number of hydrogen-bond donors (Lipinski definition) is 2. The van der Waals surface area contributed by atoms with Gasteiger partial charge in [0.15, 0.2) is 0 Å². The van der Waals surface area contributed by atoms with Gasteiger partial charge in [-0.3, -0.25) is 4.79 Å². The summed E-state index contributed by atoms with van der Waals surface area (Å²) in [6.07, 6.45) is 13.1. The van der Waals surface area contributed by atoms with Gasteiger partial charge in [0.2, 0.25) is 0 Å². The minimum Gasteiger partial charge on any atom is -0.350 e. The Morgan fingerprint density at radius 1 is 1.04 bits per heavy atom. The number of rotatable bonds is 5. The van der Waals surface area contributed by atoms with Crippen LogP contribution in [0.5, 0.6) is 0 Å². The first-order chi connectivity index (χ1) is 13.6. The van der Waals surface area contributed by atoms with E-state index in [9.17, 15) is 4.79 Å². The van der Waals surface area contributed by atoms with Crippen molar-refractivity contribution in [2.75, 3.05) is 6.54 Å². The first-order valence-corrected chi connectivity index (χ1v) is 10.9. The summed E-state index contributed by atoms with van der Waals surface area (Å²) >= 11 is 0. The van der Waals surface area contributed by atoms with E-state index in [0.29, 0.717) is 18.2 Å². The first kappa shape index (κ1) is 20.7. The fourth-order valence-electron chi connectivity index (χ4n) is 4.37. The zero-order valence-electron chi connectivity index (χ0n) is 17.4. The van der Waals surface area contributed by atoms with Crippen molar-refractivity contribution in [1.29, 1.82) is 0 Å². The molecule has 0 aromatic heterocycles. The van der Waals surface area contributed by atoms with Gasteiger partial charge in [0.1, 0.15) is 0 Å². The maximum Gasteiger partial charge on any atom is 0.251 e. The molecule has 0 saturated heterocycles. The van der Waals surface area contributed by atoms with Crippen LogP contribution in [0.3, 0.4) is 0 Å². The zero-order chi connectivity index (χ0) is 19.8. The van der Waals surface area contributed by atoms with Gasteiger partial charge in [-0.05, 0) is 68.4 Å². The molecule has 0 radical (unpaired) electrons. The molecule has 0 unspecified atom stereocenters. The Balaban J connectivity index is 1.58. The summed E-state index contributed by atoms with van der Waals surface area (Å²) in [6.45, 7) is 5.06. The van der Waals surface area contributed by atoms with Crippen LogP contribution in [0.1, 0.15) is 87.6 Å². The van der Waals surface area contributed by atoms with E-state index < -0.39 is 0 Å². The van der Waals surface area contributed by atoms with E-state index in [1.807, 2.05) is 24.3 Å². The van der Waals surface area contributed by atoms with Gasteiger partial charge in [0, 0.05) is 29.3 Å². The molecule has 2 N–H and O–H groups in total. The van der Waals surface area contributed by atoms with Crippen molar-refractivity contribution >= 4 is 5.91 Å². The molecule has 0 heterocycles. The molecule has 1 amide bonds. The minimum absolute atomic E-state index is 0.00463. The Kier molecular flexibility index (Phi) is 7.34. The largest absolute Gasteiger partial charge is 0.350 e. The third-order valence-electron chi connectivity index (χ3n) is 5.80. The summed E-state index contributed by atoms with van der Waals surface area (Å²) in [6, 6.07) is 8.10. The Labute approximate surface area is 170 Å². The molecule has 1 saturated carbocycles. The first-order valence-electron chi connectivity index (χ1n) is 10.9. The molecule has 0 atom stereocenters. The Bertz CT molecular complexity index is 743. The summed E-state index contributed by atoms with van der Waals surface area (Å²) in [5.41, 5.74) is 2.97. The fraction of sp³-hybridized carbons (Fsp3) is 0.560. The normalized spacial score (nSPS) is 18.8. The average molecular weight is 379 g/mol. The zero-order valence-corrected chi connectivity index (χ0v) is 17.4. The number of carbonyl (C=O) groups is 1. The second-order valence-electron chi connectivity index (χ2n) is 8.63. The van der Waals surface area contributed by atoms with Crippen LogP contribution in [-0.2, 0) is 0 Å². The molecule has 1 fully saturated rings. The van der Waals surface area contributed by atoms with Gasteiger partial charge in [-0.25, -0.2) is 0 Å². The maximum atomic E-state index is 12.6. The van der Waals surface area contributed by atoms with Gasteiger partial charge in [-0.1, -0.05) is 51.0 Å². The molecule has 2 aliphatic rings. The van der Waals surface area contributed by atoms with E-state index in [0.717, 1.165) is 31.2 Å². The Morgan fingerprint density at radius 2 is 1.79 bits per heavy atom. The summed E-state index contributed by atoms with van der Waals surface area (Å²) in [4.78, 5) is 12.6. The topological polar surface area (TPSA) is 41.1 Å². The Hall–Kier alpha value is -2.05. The van der Waals surface area contributed by atoms with Gasteiger partial charge < -0.3 is 10.6 Å². The molecular formula is C25H34N2O. The average Bonchev–Trinajstić information content (AvgIpc) is 2.72. The van der Waals surface area contributed by atoms with Crippen LogP contribution in [0.4, 0.5) is 0 Å². The molecular weight excluding hydrogens is 344 g/mol. The van der Waals surface area contributed by atoms with E-state index in [2.05, 4.69) is 42.4 Å². The van der Waals surface area contributed by atoms with Crippen LogP contribution in [-0.4, -0.2) is 24.0 Å². The van der Waals surface area contributed by atoms with Crippen LogP contribution in [0.2, 0.25) is 0 Å². The Morgan fingerprint density at radius 3 is 2.43 bits per heavy atom. The molecule has 1 aromatic carbocycles. The highest BCUT2D eigenvalue weighted by Crippen LogP contribution is 2.28. The summed E-state index contributed by atoms with van der Waals surface area (Å²) in [7, 11) is 0. The van der Waals surface area contributed by atoms with Crippen molar-refractivity contribution in [2.24, 2.45) is 0 Å². The predicted molar refractivity (Wildman–Crippen MR) is 116 cm³/mol. The van der Waals surface area contributed by atoms with E-state index in [4.69, 9.17) is 0 Å². The fourth-order valence-corrected chi connectivity index (χ4v) is 4.37. The second-order valence-corrected chi connectivity index (χ2v) is 8.63. The number of carbonyl (C=O) groups excluding carboxylic acids is 1. The van der Waals surface area contributed by atoms with Crippen LogP contribution >= 0.6 is 0 Å². The van der Waals surface area contributed by atoms with E-state index in [1.54, 1.807) is 0 Å². The van der Waals surface area contributed by atoms with Gasteiger partial charge in [-0.2, -0.15) is 0 Å². The highest BCUT2D eigenvalue weighted by molar-refractivity contribution is 5.94. The van der Waals surface area contributed by atoms with Crippen molar-refractivity contribution < 1.29 is 4.79 Å². The quantitative estimate of drug-likeness (QED) is 0.710. The number of hydrogen-bond acceptors (Lipinski definition) is 2. The predicted octanol–water partition coefficient (Wildman–Crippen LogP) is 4.97. The molecule has 28 heavy (non-hydrogen) atoms. The molecule has 150 valence electrons. The number of nitrogens with one attached hydrogen (secondary N) is 2. The third-order valence-corrected chi connectivity index (χ3v) is 5.80. The van der Waals surface area contributed by atoms with Crippen LogP contribution in [0.25, 0.3) is 0 Å². The van der Waals surface area contributed by atoms with Crippen LogP contribution < -0.4 is 10.6 Å². The van der Waals surface area contributed by atoms with Crippen molar-refractivity contribution in [3.63, 3.8) is 0 Å². The van der Waals surface area contributed by atoms with E-state index >= 15 is 0 Å². The lowest BCUT2D eigenvalue weighted by Gasteiger charge is -2.40. The standard InChI is InChI=1S/C25H34N2O/c1-20(2)27-25(17-7-4-8-18-25)19-26-24(28)23-15-13-22(14-16-23)12-11-21-9-5-3-6-10-21/h9,13-16,20,27H,3-8,10,17-19H2,1-2H3,(H,26,28). The van der Waals surface area contributed by atoms with Crippen molar-refractivity contribution in [1.82, 2.24) is 10.6 Å². The summed E-state index contributed by atoms with van der Waals surface area (Å²) in [5.74, 6) is 6.52. The lowest BCUT2D eigenvalue weighted by molar-refractivity contribution is 0.0925. The number of benzene rings is 1. The highest BCUT2D eigenvalue weighted by atomic mass is 16.1. The van der Waals surface area contributed by atoms with Crippen molar-refractivity contribution in [3.05, 3.63) is 47.0 Å². The third kappa shape index (κ3) is 5.97. The molecule has 3 rings (SSSR count). The van der Waals surface area contributed by atoms with E-state index in [1.165, 1.54) is 37.7 Å². The number of amides is 1. The van der Waals surface area contributed by atoms with Gasteiger partial charge in [0.25, 0.3) is 5.91 Å².